The highest BCUT2D eigenvalue weighted by Gasteiger charge is 2.31. The Labute approximate surface area is 200 Å². The van der Waals surface area contributed by atoms with Crippen molar-refractivity contribution in [3.63, 3.8) is 0 Å². The summed E-state index contributed by atoms with van der Waals surface area (Å²) in [4.78, 5) is 45.1. The summed E-state index contributed by atoms with van der Waals surface area (Å²) in [7, 11) is 0. The van der Waals surface area contributed by atoms with Gasteiger partial charge < -0.3 is 30.3 Å². The molecule has 2 rings (SSSR count). The normalized spacial score (nSPS) is 24.2. The van der Waals surface area contributed by atoms with Crippen LogP contribution in [0.5, 0.6) is 0 Å². The Morgan fingerprint density at radius 3 is 1.29 bits per heavy atom. The molecule has 10 nitrogen and oxygen atoms in total. The number of carbonyl (C=O) groups is 4. The highest BCUT2D eigenvalue weighted by atomic mass is 16.6. The number of aliphatic carboxylic acids is 2. The molecule has 0 radical (unpaired) electrons. The first kappa shape index (κ1) is 29.0. The van der Waals surface area contributed by atoms with Gasteiger partial charge in [-0.05, 0) is 67.2 Å². The van der Waals surface area contributed by atoms with Gasteiger partial charge in [0.1, 0.15) is 11.2 Å². The summed E-state index contributed by atoms with van der Waals surface area (Å²) >= 11 is 0. The number of hydrogen-bond donors (Lipinski definition) is 4. The molecule has 4 N–H and O–H groups in total. The molecule has 0 aromatic carbocycles. The van der Waals surface area contributed by atoms with Gasteiger partial charge in [0, 0.05) is 0 Å². The summed E-state index contributed by atoms with van der Waals surface area (Å²) in [5, 5.41) is 23.2. The number of ether oxygens (including phenoxy) is 2. The quantitative estimate of drug-likeness (QED) is 0.441. The maximum Gasteiger partial charge on any atom is 0.408 e. The van der Waals surface area contributed by atoms with Gasteiger partial charge in [-0.2, -0.15) is 0 Å². The van der Waals surface area contributed by atoms with Crippen molar-refractivity contribution in [3.05, 3.63) is 24.3 Å². The molecule has 0 fully saturated rings. The Balaban J connectivity index is 0.000000340. The summed E-state index contributed by atoms with van der Waals surface area (Å²) in [5.74, 6) is -2.94. The lowest BCUT2D eigenvalue weighted by atomic mass is 9.90. The number of amides is 2. The van der Waals surface area contributed by atoms with E-state index in [2.05, 4.69) is 10.6 Å². The fourth-order valence-electron chi connectivity index (χ4n) is 3.40. The number of allylic oxidation sites excluding steroid dienone is 2. The van der Waals surface area contributed by atoms with E-state index in [4.69, 9.17) is 19.7 Å². The molecule has 34 heavy (non-hydrogen) atoms. The summed E-state index contributed by atoms with van der Waals surface area (Å²) in [5.41, 5.74) is -1.16. The smallest absolute Gasteiger partial charge is 0.408 e. The predicted molar refractivity (Wildman–Crippen MR) is 125 cm³/mol. The van der Waals surface area contributed by atoms with Crippen LogP contribution in [-0.4, -0.2) is 57.6 Å². The second kappa shape index (κ2) is 12.4. The molecule has 0 aromatic rings. The molecule has 0 unspecified atom stereocenters. The van der Waals surface area contributed by atoms with E-state index < -0.39 is 59.2 Å². The number of hydrogen-bond acceptors (Lipinski definition) is 6. The van der Waals surface area contributed by atoms with Gasteiger partial charge >= 0.3 is 24.1 Å². The van der Waals surface area contributed by atoms with Crippen LogP contribution in [0.3, 0.4) is 0 Å². The van der Waals surface area contributed by atoms with Crippen LogP contribution in [0.1, 0.15) is 67.2 Å². The van der Waals surface area contributed by atoms with Gasteiger partial charge in [0.25, 0.3) is 0 Å². The minimum absolute atomic E-state index is 0.490. The molecular weight excluding hydrogens is 444 g/mol. The van der Waals surface area contributed by atoms with Crippen LogP contribution >= 0.6 is 0 Å². The topological polar surface area (TPSA) is 151 Å². The molecule has 2 amide bonds. The average Bonchev–Trinajstić information content (AvgIpc) is 2.66. The van der Waals surface area contributed by atoms with Crippen molar-refractivity contribution in [1.29, 1.82) is 0 Å². The second-order valence-electron chi connectivity index (χ2n) is 10.2. The highest BCUT2D eigenvalue weighted by molar-refractivity contribution is 5.75. The molecule has 4 atom stereocenters. The first-order chi connectivity index (χ1) is 15.6. The number of carboxylic acid groups (broad SMARTS) is 2. The van der Waals surface area contributed by atoms with Crippen LogP contribution in [0, 0.1) is 11.8 Å². The Morgan fingerprint density at radius 1 is 0.706 bits per heavy atom. The predicted octanol–water partition coefficient (Wildman–Crippen LogP) is 3.86. The number of rotatable bonds is 4. The number of carbonyl (C=O) groups excluding carboxylic acids is 2. The summed E-state index contributed by atoms with van der Waals surface area (Å²) in [6.07, 6.45) is 8.54. The van der Waals surface area contributed by atoms with Crippen molar-refractivity contribution in [2.45, 2.75) is 90.5 Å². The zero-order chi connectivity index (χ0) is 26.1. The number of nitrogens with one attached hydrogen (secondary N) is 2. The zero-order valence-corrected chi connectivity index (χ0v) is 20.8. The van der Waals surface area contributed by atoms with Crippen molar-refractivity contribution in [2.24, 2.45) is 11.8 Å². The van der Waals surface area contributed by atoms with Crippen LogP contribution in [0.15, 0.2) is 24.3 Å². The third-order valence-corrected chi connectivity index (χ3v) is 4.84. The van der Waals surface area contributed by atoms with E-state index in [9.17, 15) is 19.2 Å². The molecule has 2 aliphatic carbocycles. The Morgan fingerprint density at radius 2 is 1.03 bits per heavy atom. The summed E-state index contributed by atoms with van der Waals surface area (Å²) < 4.78 is 10.2. The van der Waals surface area contributed by atoms with Crippen molar-refractivity contribution in [1.82, 2.24) is 10.6 Å². The fraction of sp³-hybridized carbons (Fsp3) is 0.667. The fourth-order valence-corrected chi connectivity index (χ4v) is 3.40. The number of alkyl carbamates (subject to hydrolysis) is 2. The summed E-state index contributed by atoms with van der Waals surface area (Å²) in [6.45, 7) is 10.6. The van der Waals surface area contributed by atoms with E-state index in [0.29, 0.717) is 12.8 Å². The standard InChI is InChI=1S/2C12H19NO4/c2*1-12(2,3)17-11(16)13-9-7-5-4-6-8(9)10(14)15/h2*5,7-9H,4,6H2,1-3H3,(H,13,16)(H,14,15)/t2*8-,9+/m10/s1. The first-order valence-corrected chi connectivity index (χ1v) is 11.4. The first-order valence-electron chi connectivity index (χ1n) is 11.4. The third kappa shape index (κ3) is 11.2. The van der Waals surface area contributed by atoms with Crippen molar-refractivity contribution in [3.8, 4) is 0 Å². The third-order valence-electron chi connectivity index (χ3n) is 4.84. The van der Waals surface area contributed by atoms with Gasteiger partial charge in [0.2, 0.25) is 0 Å². The van der Waals surface area contributed by atoms with Crippen LogP contribution in [0.4, 0.5) is 9.59 Å². The molecule has 2 aliphatic rings. The van der Waals surface area contributed by atoms with E-state index in [1.165, 1.54) is 0 Å². The van der Waals surface area contributed by atoms with Gasteiger partial charge in [-0.25, -0.2) is 9.59 Å². The van der Waals surface area contributed by atoms with Crippen LogP contribution in [0.25, 0.3) is 0 Å². The molecule has 0 spiro atoms. The second-order valence-corrected chi connectivity index (χ2v) is 10.2. The van der Waals surface area contributed by atoms with Gasteiger partial charge in [-0.1, -0.05) is 24.3 Å². The maximum absolute atomic E-state index is 11.5. The Kier molecular flexibility index (Phi) is 10.6. The number of carboxylic acids is 2. The van der Waals surface area contributed by atoms with Crippen molar-refractivity contribution < 1.29 is 38.9 Å². The van der Waals surface area contributed by atoms with Crippen LogP contribution < -0.4 is 10.6 Å². The van der Waals surface area contributed by atoms with Crippen LogP contribution in [0.2, 0.25) is 0 Å². The van der Waals surface area contributed by atoms with Gasteiger partial charge in [-0.3, -0.25) is 9.59 Å². The Hall–Kier alpha value is -3.04. The van der Waals surface area contributed by atoms with E-state index in [1.807, 2.05) is 12.2 Å². The molecule has 0 saturated heterocycles. The van der Waals surface area contributed by atoms with Gasteiger partial charge in [0.05, 0.1) is 23.9 Å². The molecule has 0 saturated carbocycles. The lowest BCUT2D eigenvalue weighted by molar-refractivity contribution is -0.143. The van der Waals surface area contributed by atoms with Gasteiger partial charge in [0.15, 0.2) is 0 Å². The van der Waals surface area contributed by atoms with E-state index in [1.54, 1.807) is 53.7 Å². The minimum Gasteiger partial charge on any atom is -0.481 e. The Bertz CT molecular complexity index is 726. The summed E-state index contributed by atoms with van der Waals surface area (Å²) in [6, 6.07) is -0.979. The SMILES string of the molecule is CC(C)(C)OC(=O)N[C@@H]1C=CCC[C@@H]1C(=O)O.CC(C)(C)OC(=O)N[C@H]1C=CCC[C@H]1C(=O)O. The minimum atomic E-state index is -0.893. The monoisotopic (exact) mass is 482 g/mol. The molecule has 10 heteroatoms. The van der Waals surface area contributed by atoms with E-state index in [0.717, 1.165) is 12.8 Å². The van der Waals surface area contributed by atoms with Crippen molar-refractivity contribution in [2.75, 3.05) is 0 Å². The van der Waals surface area contributed by atoms with Crippen molar-refractivity contribution >= 4 is 24.1 Å². The maximum atomic E-state index is 11.5. The van der Waals surface area contributed by atoms with Crippen LogP contribution in [-0.2, 0) is 19.1 Å². The van der Waals surface area contributed by atoms with E-state index in [-0.39, 0.29) is 0 Å². The lowest BCUT2D eigenvalue weighted by Crippen LogP contribution is -2.45. The average molecular weight is 483 g/mol. The molecule has 0 aliphatic heterocycles. The van der Waals surface area contributed by atoms with E-state index >= 15 is 0 Å². The molecule has 0 heterocycles. The lowest BCUT2D eigenvalue weighted by Gasteiger charge is -2.27. The zero-order valence-electron chi connectivity index (χ0n) is 20.8. The largest absolute Gasteiger partial charge is 0.481 e. The molecular formula is C24H38N2O8. The molecule has 0 aromatic heterocycles. The highest BCUT2D eigenvalue weighted by Crippen LogP contribution is 2.21. The van der Waals surface area contributed by atoms with Gasteiger partial charge in [-0.15, -0.1) is 0 Å². The molecule has 0 bridgehead atoms. The molecule has 192 valence electrons.